The summed E-state index contributed by atoms with van der Waals surface area (Å²) in [5, 5.41) is 3.09. The molecule has 0 aliphatic carbocycles. The van der Waals surface area contributed by atoms with Crippen LogP contribution < -0.4 is 10.2 Å². The molecule has 0 aromatic heterocycles. The zero-order valence-electron chi connectivity index (χ0n) is 13.8. The normalized spacial score (nSPS) is 13.5. The molecule has 1 amide bonds. The van der Waals surface area contributed by atoms with Crippen molar-refractivity contribution in [2.75, 3.05) is 12.4 Å². The van der Waals surface area contributed by atoms with Crippen molar-refractivity contribution in [1.29, 1.82) is 0 Å². The van der Waals surface area contributed by atoms with Crippen molar-refractivity contribution >= 4 is 11.6 Å². The van der Waals surface area contributed by atoms with Crippen molar-refractivity contribution in [3.8, 4) is 0 Å². The van der Waals surface area contributed by atoms with Crippen LogP contribution in [0.3, 0.4) is 0 Å². The second kappa shape index (κ2) is 7.23. The maximum atomic E-state index is 12.5. The van der Waals surface area contributed by atoms with Gasteiger partial charge in [-0.25, -0.2) is 0 Å². The molecule has 0 spiro atoms. The number of para-hydroxylation sites is 1. The Kier molecular flexibility index (Phi) is 5.34. The minimum atomic E-state index is -0.112. The summed E-state index contributed by atoms with van der Waals surface area (Å²) in [5.74, 6) is 0.0610. The van der Waals surface area contributed by atoms with Crippen LogP contribution in [0.2, 0.25) is 0 Å². The third-order valence-corrected chi connectivity index (χ3v) is 4.19. The summed E-state index contributed by atoms with van der Waals surface area (Å²) in [5.41, 5.74) is 4.38. The van der Waals surface area contributed by atoms with Crippen LogP contribution in [0, 0.1) is 13.8 Å². The van der Waals surface area contributed by atoms with Crippen molar-refractivity contribution in [3.63, 3.8) is 0 Å². The zero-order chi connectivity index (χ0) is 16.1. The van der Waals surface area contributed by atoms with Crippen LogP contribution in [-0.4, -0.2) is 19.0 Å². The molecule has 3 nitrogen and oxygen atoms in total. The summed E-state index contributed by atoms with van der Waals surface area (Å²) >= 11 is 0. The number of anilines is 1. The lowest BCUT2D eigenvalue weighted by atomic mass is 10.1. The second-order valence-corrected chi connectivity index (χ2v) is 5.99. The number of hydrogen-bond donors (Lipinski definition) is 2. The molecule has 0 bridgehead atoms. The second-order valence-electron chi connectivity index (χ2n) is 5.99. The van der Waals surface area contributed by atoms with Crippen molar-refractivity contribution in [3.05, 3.63) is 65.2 Å². The van der Waals surface area contributed by atoms with E-state index in [1.807, 2.05) is 57.2 Å². The van der Waals surface area contributed by atoms with E-state index in [0.717, 1.165) is 23.4 Å². The summed E-state index contributed by atoms with van der Waals surface area (Å²) in [4.78, 5) is 13.7. The highest BCUT2D eigenvalue weighted by Crippen LogP contribution is 2.19. The molecule has 3 heteroatoms. The van der Waals surface area contributed by atoms with E-state index in [9.17, 15) is 4.79 Å². The van der Waals surface area contributed by atoms with E-state index in [-0.39, 0.29) is 11.9 Å². The number of carbonyl (C=O) groups is 1. The summed E-state index contributed by atoms with van der Waals surface area (Å²) < 4.78 is 0. The molecule has 2 rings (SSSR count). The highest BCUT2D eigenvalue weighted by molar-refractivity contribution is 5.95. The van der Waals surface area contributed by atoms with Gasteiger partial charge in [0.15, 0.2) is 6.04 Å². The van der Waals surface area contributed by atoms with Crippen molar-refractivity contribution < 1.29 is 9.69 Å². The first kappa shape index (κ1) is 16.2. The molecule has 0 aliphatic heterocycles. The first-order valence-corrected chi connectivity index (χ1v) is 7.72. The lowest BCUT2D eigenvalue weighted by Crippen LogP contribution is -3.12. The molecular weight excluding hydrogens is 272 g/mol. The molecular formula is C19H25N2O+. The molecule has 0 radical (unpaired) electrons. The Bertz CT molecular complexity index is 617. The minimum absolute atomic E-state index is 0.0610. The van der Waals surface area contributed by atoms with E-state index >= 15 is 0 Å². The van der Waals surface area contributed by atoms with Gasteiger partial charge in [-0.2, -0.15) is 0 Å². The van der Waals surface area contributed by atoms with Crippen molar-refractivity contribution in [2.24, 2.45) is 0 Å². The predicted octanol–water partition coefficient (Wildman–Crippen LogP) is 2.35. The summed E-state index contributed by atoms with van der Waals surface area (Å²) in [6.45, 7) is 6.85. The predicted molar refractivity (Wildman–Crippen MR) is 91.0 cm³/mol. The van der Waals surface area contributed by atoms with Gasteiger partial charge in [0.25, 0.3) is 5.91 Å². The average Bonchev–Trinajstić information content (AvgIpc) is 2.51. The summed E-state index contributed by atoms with van der Waals surface area (Å²) in [6.07, 6.45) is 0. The number of likely N-dealkylation sites (N-methyl/N-ethyl adjacent to an activating group) is 1. The minimum Gasteiger partial charge on any atom is -0.324 e. The standard InChI is InChI=1S/C19H24N2O/c1-14-9-8-10-15(2)18(14)20-19(22)16(3)21(4)13-17-11-6-5-7-12-17/h5-12,16H,13H2,1-4H3,(H,20,22)/p+1/t16-/m0/s1. The third kappa shape index (κ3) is 3.95. The quantitative estimate of drug-likeness (QED) is 0.872. The maximum Gasteiger partial charge on any atom is 0.282 e. The molecule has 0 fully saturated rings. The van der Waals surface area contributed by atoms with Gasteiger partial charge in [-0.15, -0.1) is 0 Å². The van der Waals surface area contributed by atoms with Crippen LogP contribution in [0.25, 0.3) is 0 Å². The van der Waals surface area contributed by atoms with Crippen LogP contribution in [0.4, 0.5) is 5.69 Å². The van der Waals surface area contributed by atoms with Crippen LogP contribution in [0.5, 0.6) is 0 Å². The van der Waals surface area contributed by atoms with Gasteiger partial charge in [0.2, 0.25) is 0 Å². The topological polar surface area (TPSA) is 33.5 Å². The smallest absolute Gasteiger partial charge is 0.282 e. The molecule has 2 atom stereocenters. The van der Waals surface area contributed by atoms with E-state index < -0.39 is 0 Å². The van der Waals surface area contributed by atoms with Gasteiger partial charge < -0.3 is 10.2 Å². The Morgan fingerprint density at radius 3 is 2.23 bits per heavy atom. The highest BCUT2D eigenvalue weighted by Gasteiger charge is 2.22. The molecule has 2 aromatic carbocycles. The SMILES string of the molecule is Cc1cccc(C)c1NC(=O)[C@H](C)[NH+](C)Cc1ccccc1. The number of benzene rings is 2. The fraction of sp³-hybridized carbons (Fsp3) is 0.316. The number of quaternary nitrogens is 1. The molecule has 2 aromatic rings. The highest BCUT2D eigenvalue weighted by atomic mass is 16.2. The van der Waals surface area contributed by atoms with Crippen molar-refractivity contribution in [2.45, 2.75) is 33.4 Å². The average molecular weight is 297 g/mol. The molecule has 0 saturated carbocycles. The summed E-state index contributed by atoms with van der Waals surface area (Å²) in [7, 11) is 2.06. The fourth-order valence-electron chi connectivity index (χ4n) is 2.54. The van der Waals surface area contributed by atoms with Gasteiger partial charge in [-0.1, -0.05) is 48.5 Å². The van der Waals surface area contributed by atoms with Gasteiger partial charge in [0.05, 0.1) is 7.05 Å². The van der Waals surface area contributed by atoms with Gasteiger partial charge in [0, 0.05) is 11.3 Å². The number of aryl methyl sites for hydroxylation is 2. The molecule has 2 N–H and O–H groups in total. The molecule has 1 unspecified atom stereocenters. The van der Waals surface area contributed by atoms with Crippen molar-refractivity contribution in [1.82, 2.24) is 0 Å². The van der Waals surface area contributed by atoms with Crippen LogP contribution in [-0.2, 0) is 11.3 Å². The Hall–Kier alpha value is -2.13. The van der Waals surface area contributed by atoms with Crippen LogP contribution in [0.15, 0.2) is 48.5 Å². The molecule has 22 heavy (non-hydrogen) atoms. The lowest BCUT2D eigenvalue weighted by molar-refractivity contribution is -0.907. The first-order chi connectivity index (χ1) is 10.5. The van der Waals surface area contributed by atoms with Gasteiger partial charge in [-0.05, 0) is 31.9 Å². The zero-order valence-corrected chi connectivity index (χ0v) is 13.8. The maximum absolute atomic E-state index is 12.5. The van der Waals surface area contributed by atoms with Gasteiger partial charge in [-0.3, -0.25) is 4.79 Å². The fourth-order valence-corrected chi connectivity index (χ4v) is 2.54. The number of carbonyl (C=O) groups excluding carboxylic acids is 1. The van der Waals surface area contributed by atoms with Gasteiger partial charge >= 0.3 is 0 Å². The van der Waals surface area contributed by atoms with E-state index in [0.29, 0.717) is 0 Å². The Morgan fingerprint density at radius 2 is 1.64 bits per heavy atom. The van der Waals surface area contributed by atoms with E-state index in [4.69, 9.17) is 0 Å². The first-order valence-electron chi connectivity index (χ1n) is 7.72. The number of rotatable bonds is 5. The Morgan fingerprint density at radius 1 is 1.05 bits per heavy atom. The van der Waals surface area contributed by atoms with Crippen LogP contribution in [0.1, 0.15) is 23.6 Å². The third-order valence-electron chi connectivity index (χ3n) is 4.19. The largest absolute Gasteiger partial charge is 0.324 e. The van der Waals surface area contributed by atoms with Gasteiger partial charge in [0.1, 0.15) is 6.54 Å². The Labute approximate surface area is 133 Å². The molecule has 116 valence electrons. The molecule has 0 saturated heterocycles. The number of hydrogen-bond acceptors (Lipinski definition) is 1. The van der Waals surface area contributed by atoms with E-state index in [2.05, 4.69) is 24.5 Å². The number of nitrogens with one attached hydrogen (secondary N) is 2. The molecule has 0 aliphatic rings. The monoisotopic (exact) mass is 297 g/mol. The van der Waals surface area contributed by atoms with Crippen LogP contribution >= 0.6 is 0 Å². The number of amides is 1. The lowest BCUT2D eigenvalue weighted by Gasteiger charge is -2.22. The van der Waals surface area contributed by atoms with E-state index in [1.54, 1.807) is 0 Å². The van der Waals surface area contributed by atoms with E-state index in [1.165, 1.54) is 10.5 Å². The summed E-state index contributed by atoms with van der Waals surface area (Å²) in [6, 6.07) is 16.2. The Balaban J connectivity index is 2.03. The molecule has 0 heterocycles.